The van der Waals surface area contributed by atoms with Gasteiger partial charge in [0.25, 0.3) is 0 Å². The van der Waals surface area contributed by atoms with Crippen molar-refractivity contribution in [2.24, 2.45) is 0 Å². The molecule has 0 aliphatic rings. The first-order valence-corrected chi connectivity index (χ1v) is 5.67. The third kappa shape index (κ3) is 10.4. The van der Waals surface area contributed by atoms with Crippen molar-refractivity contribution in [2.75, 3.05) is 13.1 Å². The largest absolute Gasteiger partial charge is 0.417 e. The number of hydrogen-bond acceptors (Lipinski definition) is 2. The predicted octanol–water partition coefficient (Wildman–Crippen LogP) is 4.28. The number of rotatable bonds is 2. The summed E-state index contributed by atoms with van der Waals surface area (Å²) in [6.45, 7) is -3.24. The van der Waals surface area contributed by atoms with Gasteiger partial charge in [0.1, 0.15) is 0 Å². The summed E-state index contributed by atoms with van der Waals surface area (Å²) < 4.78 is 103. The van der Waals surface area contributed by atoms with Crippen molar-refractivity contribution in [3.63, 3.8) is 0 Å². The first-order chi connectivity index (χ1) is 10.3. The van der Waals surface area contributed by atoms with Gasteiger partial charge >= 0.3 is 18.5 Å². The molecule has 0 heterocycles. The Morgan fingerprint density at radius 1 is 0.826 bits per heavy atom. The first-order valence-electron chi connectivity index (χ1n) is 5.67. The number of hydrogen-bond donors (Lipinski definition) is 1. The van der Waals surface area contributed by atoms with Gasteiger partial charge < -0.3 is 5.32 Å². The summed E-state index contributed by atoms with van der Waals surface area (Å²) in [6.07, 6.45) is -13.6. The highest BCUT2D eigenvalue weighted by atomic mass is 19.4. The molecule has 0 amide bonds. The molecule has 0 atom stereocenters. The Kier molecular flexibility index (Phi) is 7.36. The molecule has 1 aromatic rings. The van der Waals surface area contributed by atoms with Gasteiger partial charge in [-0.25, -0.2) is 0 Å². The lowest BCUT2D eigenvalue weighted by Crippen LogP contribution is -2.35. The van der Waals surface area contributed by atoms with Crippen LogP contribution in [0.1, 0.15) is 11.1 Å². The number of alkyl halides is 9. The maximum atomic E-state index is 12.1. The highest BCUT2D eigenvalue weighted by molar-refractivity contribution is 5.38. The molecule has 2 nitrogen and oxygen atoms in total. The lowest BCUT2D eigenvalue weighted by Gasteiger charge is -2.09. The van der Waals surface area contributed by atoms with Gasteiger partial charge in [0.2, 0.25) is 0 Å². The minimum absolute atomic E-state index is 0.343. The van der Waals surface area contributed by atoms with Gasteiger partial charge in [-0.15, -0.1) is 0 Å². The van der Waals surface area contributed by atoms with Gasteiger partial charge in [0.15, 0.2) is 0 Å². The van der Waals surface area contributed by atoms with Crippen molar-refractivity contribution in [1.82, 2.24) is 5.32 Å². The molecule has 130 valence electrons. The molecular weight excluding hydrogens is 343 g/mol. The Balaban J connectivity index is 0.000000423. The number of nitrogens with one attached hydrogen (secondary N) is 1. The molecule has 1 aromatic carbocycles. The molecule has 11 heteroatoms. The van der Waals surface area contributed by atoms with Crippen LogP contribution in [0.3, 0.4) is 0 Å². The lowest BCUT2D eigenvalue weighted by molar-refractivity contribution is -0.146. The summed E-state index contributed by atoms with van der Waals surface area (Å²) >= 11 is 0. The van der Waals surface area contributed by atoms with Crippen molar-refractivity contribution in [2.45, 2.75) is 18.5 Å². The molecule has 0 saturated carbocycles. The summed E-state index contributed by atoms with van der Waals surface area (Å²) in [5, 5.41) is 9.55. The molecule has 1 rings (SSSR count). The van der Waals surface area contributed by atoms with Crippen molar-refractivity contribution in [3.8, 4) is 6.07 Å². The van der Waals surface area contributed by atoms with E-state index < -0.39 is 37.2 Å². The summed E-state index contributed by atoms with van der Waals surface area (Å²) in [4.78, 5) is 0. The van der Waals surface area contributed by atoms with Crippen molar-refractivity contribution in [1.29, 1.82) is 5.26 Å². The van der Waals surface area contributed by atoms with Crippen LogP contribution in [0.4, 0.5) is 39.5 Å². The van der Waals surface area contributed by atoms with Gasteiger partial charge in [-0.05, 0) is 12.1 Å². The summed E-state index contributed by atoms with van der Waals surface area (Å²) in [5.41, 5.74) is -1.22. The minimum atomic E-state index is -4.59. The standard InChI is InChI=1S/C8H4F3N.C4H5F6N/c9-8(10,11)7-4-2-1-3-6(7)5-12;5-3(6,7)1-11-2-4(8,9)10/h1-4H;11H,1-2H2. The average molecular weight is 352 g/mol. The smallest absolute Gasteiger partial charge is 0.301 e. The average Bonchev–Trinajstić information content (AvgIpc) is 2.35. The molecular formula is C12H9F9N2. The van der Waals surface area contributed by atoms with E-state index in [1.54, 1.807) is 0 Å². The molecule has 0 fully saturated rings. The number of benzene rings is 1. The van der Waals surface area contributed by atoms with Crippen molar-refractivity contribution in [3.05, 3.63) is 35.4 Å². The van der Waals surface area contributed by atoms with Crippen molar-refractivity contribution < 1.29 is 39.5 Å². The van der Waals surface area contributed by atoms with Crippen LogP contribution in [0.2, 0.25) is 0 Å². The van der Waals surface area contributed by atoms with E-state index in [1.165, 1.54) is 23.5 Å². The molecule has 0 spiro atoms. The van der Waals surface area contributed by atoms with E-state index in [0.29, 0.717) is 0 Å². The monoisotopic (exact) mass is 352 g/mol. The fourth-order valence-electron chi connectivity index (χ4n) is 1.17. The van der Waals surface area contributed by atoms with Crippen molar-refractivity contribution >= 4 is 0 Å². The lowest BCUT2D eigenvalue weighted by atomic mass is 10.1. The molecule has 0 radical (unpaired) electrons. The summed E-state index contributed by atoms with van der Waals surface area (Å²) in [5.74, 6) is 0. The van der Waals surface area contributed by atoms with Crippen LogP contribution in [0.15, 0.2) is 24.3 Å². The quantitative estimate of drug-likeness (QED) is 0.807. The molecule has 0 aliphatic heterocycles. The van der Waals surface area contributed by atoms with Gasteiger partial charge in [0.05, 0.1) is 30.3 Å². The zero-order chi connectivity index (χ0) is 18.3. The molecule has 0 unspecified atom stereocenters. The van der Waals surface area contributed by atoms with E-state index in [9.17, 15) is 39.5 Å². The topological polar surface area (TPSA) is 35.8 Å². The fourth-order valence-corrected chi connectivity index (χ4v) is 1.17. The van der Waals surface area contributed by atoms with Crippen LogP contribution in [-0.2, 0) is 6.18 Å². The maximum absolute atomic E-state index is 12.1. The van der Waals surface area contributed by atoms with Crippen LogP contribution in [0.25, 0.3) is 0 Å². The Bertz CT molecular complexity index is 509. The normalized spacial score (nSPS) is 12.2. The van der Waals surface area contributed by atoms with Crippen LogP contribution in [0, 0.1) is 11.3 Å². The molecule has 0 aromatic heterocycles. The third-order valence-corrected chi connectivity index (χ3v) is 2.00. The van der Waals surface area contributed by atoms with E-state index in [1.807, 2.05) is 0 Å². The number of halogens is 9. The second-order valence-electron chi connectivity index (χ2n) is 3.99. The Labute approximate surface area is 124 Å². The van der Waals surface area contributed by atoms with Crippen LogP contribution in [0.5, 0.6) is 0 Å². The van der Waals surface area contributed by atoms with E-state index in [4.69, 9.17) is 5.26 Å². The summed E-state index contributed by atoms with van der Waals surface area (Å²) in [6, 6.07) is 6.16. The Morgan fingerprint density at radius 3 is 1.57 bits per heavy atom. The molecule has 0 saturated heterocycles. The molecule has 23 heavy (non-hydrogen) atoms. The summed E-state index contributed by atoms with van der Waals surface area (Å²) in [7, 11) is 0. The zero-order valence-corrected chi connectivity index (χ0v) is 11.1. The van der Waals surface area contributed by atoms with Crippen LogP contribution < -0.4 is 5.32 Å². The van der Waals surface area contributed by atoms with E-state index in [2.05, 4.69) is 0 Å². The van der Waals surface area contributed by atoms with E-state index in [0.717, 1.165) is 12.1 Å². The molecule has 0 bridgehead atoms. The van der Waals surface area contributed by atoms with E-state index in [-0.39, 0.29) is 5.56 Å². The Morgan fingerprint density at radius 2 is 1.26 bits per heavy atom. The van der Waals surface area contributed by atoms with Gasteiger partial charge in [-0.2, -0.15) is 44.8 Å². The molecule has 1 N–H and O–H groups in total. The Hall–Kier alpha value is -1.96. The van der Waals surface area contributed by atoms with E-state index >= 15 is 0 Å². The minimum Gasteiger partial charge on any atom is -0.301 e. The van der Waals surface area contributed by atoms with Crippen LogP contribution in [-0.4, -0.2) is 25.4 Å². The second-order valence-corrected chi connectivity index (χ2v) is 3.99. The third-order valence-electron chi connectivity index (χ3n) is 2.00. The number of nitrogens with zero attached hydrogens (tertiary/aromatic N) is 1. The highest BCUT2D eigenvalue weighted by Gasteiger charge is 2.33. The SMILES string of the molecule is FC(F)(F)CNCC(F)(F)F.N#Cc1ccccc1C(F)(F)F. The first kappa shape index (κ1) is 21.0. The second kappa shape index (κ2) is 8.05. The highest BCUT2D eigenvalue weighted by Crippen LogP contribution is 2.31. The van der Waals surface area contributed by atoms with Gasteiger partial charge in [0, 0.05) is 0 Å². The van der Waals surface area contributed by atoms with Gasteiger partial charge in [-0.3, -0.25) is 0 Å². The fraction of sp³-hybridized carbons (Fsp3) is 0.417. The van der Waals surface area contributed by atoms with Crippen LogP contribution >= 0.6 is 0 Å². The predicted molar refractivity (Wildman–Crippen MR) is 61.1 cm³/mol. The number of nitriles is 1. The zero-order valence-electron chi connectivity index (χ0n) is 11.1. The molecule has 0 aliphatic carbocycles. The van der Waals surface area contributed by atoms with Gasteiger partial charge in [-0.1, -0.05) is 12.1 Å². The maximum Gasteiger partial charge on any atom is 0.417 e.